The monoisotopic (exact) mass is 532 g/mol. The lowest BCUT2D eigenvalue weighted by Crippen LogP contribution is -2.29. The summed E-state index contributed by atoms with van der Waals surface area (Å²) in [6.45, 7) is 8.10. The summed E-state index contributed by atoms with van der Waals surface area (Å²) in [5.41, 5.74) is 4.98. The van der Waals surface area contributed by atoms with Crippen LogP contribution in [0.3, 0.4) is 0 Å². The van der Waals surface area contributed by atoms with Gasteiger partial charge < -0.3 is 15.5 Å². The standard InChI is InChI=1S/C34H32N2O4/c1-21-10-13-23(34(2,3)4)20-28(21)31(38)29-30(22-11-18-27(37)19-12-22)36(33(40)32(29)39)26-16-14-25(15-17-26)35-24-8-6-5-7-9-24/h5-20,30,35,37-38H,1-4H3/b31-29+. The third-order valence-electron chi connectivity index (χ3n) is 7.22. The zero-order valence-corrected chi connectivity index (χ0v) is 23.0. The number of Topliss-reactive ketones (excluding diaryl/α,β-unsaturated/α-hetero) is 1. The van der Waals surface area contributed by atoms with E-state index in [2.05, 4.69) is 26.1 Å². The Morgan fingerprint density at radius 2 is 1.45 bits per heavy atom. The van der Waals surface area contributed by atoms with Crippen LogP contribution < -0.4 is 10.2 Å². The highest BCUT2D eigenvalue weighted by Gasteiger charge is 2.47. The molecular formula is C34H32N2O4. The summed E-state index contributed by atoms with van der Waals surface area (Å²) < 4.78 is 0. The Kier molecular flexibility index (Phi) is 6.94. The van der Waals surface area contributed by atoms with E-state index in [1.54, 1.807) is 24.3 Å². The lowest BCUT2D eigenvalue weighted by Gasteiger charge is -2.26. The molecule has 1 fully saturated rings. The number of carbonyl (C=O) groups excluding carboxylic acids is 2. The molecule has 1 aliphatic heterocycles. The van der Waals surface area contributed by atoms with Crippen molar-refractivity contribution in [1.82, 2.24) is 0 Å². The molecule has 0 bridgehead atoms. The van der Waals surface area contributed by atoms with Gasteiger partial charge in [0.2, 0.25) is 0 Å². The molecule has 1 atom stereocenters. The molecule has 1 unspecified atom stereocenters. The van der Waals surface area contributed by atoms with Crippen molar-refractivity contribution in [3.05, 3.63) is 125 Å². The minimum Gasteiger partial charge on any atom is -0.508 e. The maximum Gasteiger partial charge on any atom is 0.300 e. The number of ketones is 1. The van der Waals surface area contributed by atoms with Gasteiger partial charge in [-0.1, -0.05) is 63.2 Å². The molecule has 6 nitrogen and oxygen atoms in total. The Morgan fingerprint density at radius 3 is 2.08 bits per heavy atom. The van der Waals surface area contributed by atoms with Crippen LogP contribution in [0.2, 0.25) is 0 Å². The number of phenols is 1. The molecule has 0 aromatic heterocycles. The van der Waals surface area contributed by atoms with Gasteiger partial charge >= 0.3 is 0 Å². The smallest absolute Gasteiger partial charge is 0.300 e. The predicted molar refractivity (Wildman–Crippen MR) is 159 cm³/mol. The second-order valence-corrected chi connectivity index (χ2v) is 11.1. The summed E-state index contributed by atoms with van der Waals surface area (Å²) in [4.78, 5) is 28.6. The number of benzene rings is 4. The Balaban J connectivity index is 1.62. The third-order valence-corrected chi connectivity index (χ3v) is 7.22. The molecule has 3 N–H and O–H groups in total. The molecule has 1 aliphatic rings. The number of para-hydroxylation sites is 1. The Labute approximate surface area is 234 Å². The number of hydrogen-bond acceptors (Lipinski definition) is 5. The number of hydrogen-bond donors (Lipinski definition) is 3. The maximum absolute atomic E-state index is 13.6. The van der Waals surface area contributed by atoms with Gasteiger partial charge in [-0.15, -0.1) is 0 Å². The van der Waals surface area contributed by atoms with Crippen molar-refractivity contribution in [3.8, 4) is 5.75 Å². The van der Waals surface area contributed by atoms with Crippen LogP contribution in [0.25, 0.3) is 5.76 Å². The van der Waals surface area contributed by atoms with Crippen molar-refractivity contribution < 1.29 is 19.8 Å². The number of aromatic hydroxyl groups is 1. The van der Waals surface area contributed by atoms with Crippen LogP contribution in [0.1, 0.15) is 49.1 Å². The first-order valence-electron chi connectivity index (χ1n) is 13.2. The molecule has 0 radical (unpaired) electrons. The lowest BCUT2D eigenvalue weighted by molar-refractivity contribution is -0.132. The van der Waals surface area contributed by atoms with Gasteiger partial charge in [-0.2, -0.15) is 0 Å². The van der Waals surface area contributed by atoms with Crippen molar-refractivity contribution in [2.24, 2.45) is 0 Å². The van der Waals surface area contributed by atoms with Crippen molar-refractivity contribution in [2.75, 3.05) is 10.2 Å². The SMILES string of the molecule is Cc1ccc(C(C)(C)C)cc1/C(O)=C1\C(=O)C(=O)N(c2ccc(Nc3ccccc3)cc2)C1c1ccc(O)cc1. The summed E-state index contributed by atoms with van der Waals surface area (Å²) in [6, 6.07) is 28.2. The van der Waals surface area contributed by atoms with E-state index in [0.29, 0.717) is 16.8 Å². The van der Waals surface area contributed by atoms with Gasteiger partial charge in [0.1, 0.15) is 11.5 Å². The lowest BCUT2D eigenvalue weighted by atomic mass is 9.84. The molecule has 6 heteroatoms. The molecule has 5 rings (SSSR count). The number of aliphatic hydroxyl groups excluding tert-OH is 1. The number of carbonyl (C=O) groups is 2. The first-order chi connectivity index (χ1) is 19.0. The van der Waals surface area contributed by atoms with Crippen molar-refractivity contribution in [3.63, 3.8) is 0 Å². The zero-order chi connectivity index (χ0) is 28.6. The van der Waals surface area contributed by atoms with Crippen LogP contribution in [0.5, 0.6) is 5.75 Å². The van der Waals surface area contributed by atoms with Gasteiger partial charge in [-0.05, 0) is 83.6 Å². The molecule has 4 aromatic carbocycles. The number of phenolic OH excluding ortho intramolecular Hbond substituents is 1. The van der Waals surface area contributed by atoms with Gasteiger partial charge in [-0.3, -0.25) is 14.5 Å². The largest absolute Gasteiger partial charge is 0.508 e. The van der Waals surface area contributed by atoms with E-state index >= 15 is 0 Å². The number of nitrogens with zero attached hydrogens (tertiary/aromatic N) is 1. The number of nitrogens with one attached hydrogen (secondary N) is 1. The van der Waals surface area contributed by atoms with Gasteiger partial charge in [0.25, 0.3) is 11.7 Å². The van der Waals surface area contributed by atoms with Crippen LogP contribution in [0, 0.1) is 6.92 Å². The first kappa shape index (κ1) is 26.8. The Morgan fingerprint density at radius 1 is 0.825 bits per heavy atom. The van der Waals surface area contributed by atoms with E-state index in [1.807, 2.05) is 67.6 Å². The normalized spacial score (nSPS) is 16.8. The highest BCUT2D eigenvalue weighted by molar-refractivity contribution is 6.51. The van der Waals surface area contributed by atoms with Crippen LogP contribution in [0.15, 0.2) is 103 Å². The molecule has 0 spiro atoms. The summed E-state index contributed by atoms with van der Waals surface area (Å²) in [5.74, 6) is -1.65. The summed E-state index contributed by atoms with van der Waals surface area (Å²) in [7, 11) is 0. The highest BCUT2D eigenvalue weighted by Crippen LogP contribution is 2.43. The fraction of sp³-hybridized carbons (Fsp3) is 0.176. The maximum atomic E-state index is 13.6. The van der Waals surface area contributed by atoms with Gasteiger partial charge in [-0.25, -0.2) is 0 Å². The fourth-order valence-corrected chi connectivity index (χ4v) is 4.95. The molecule has 1 heterocycles. The quantitative estimate of drug-likeness (QED) is 0.142. The summed E-state index contributed by atoms with van der Waals surface area (Å²) >= 11 is 0. The van der Waals surface area contributed by atoms with Gasteiger partial charge in [0.05, 0.1) is 11.6 Å². The number of anilines is 3. The van der Waals surface area contributed by atoms with Crippen molar-refractivity contribution in [2.45, 2.75) is 39.2 Å². The van der Waals surface area contributed by atoms with Crippen molar-refractivity contribution >= 4 is 34.5 Å². The molecule has 4 aromatic rings. The number of amides is 1. The average molecular weight is 533 g/mol. The molecule has 0 aliphatic carbocycles. The van der Waals surface area contributed by atoms with Crippen LogP contribution in [-0.2, 0) is 15.0 Å². The topological polar surface area (TPSA) is 89.9 Å². The number of aryl methyl sites for hydroxylation is 1. The van der Waals surface area contributed by atoms with E-state index in [1.165, 1.54) is 17.0 Å². The summed E-state index contributed by atoms with van der Waals surface area (Å²) in [5, 5.41) is 24.9. The minimum absolute atomic E-state index is 0.0105. The van der Waals surface area contributed by atoms with Crippen LogP contribution >= 0.6 is 0 Å². The molecule has 1 amide bonds. The average Bonchev–Trinajstić information content (AvgIpc) is 3.19. The highest BCUT2D eigenvalue weighted by atomic mass is 16.3. The molecular weight excluding hydrogens is 500 g/mol. The number of rotatable bonds is 5. The second-order valence-electron chi connectivity index (χ2n) is 11.1. The Bertz CT molecular complexity index is 1600. The Hall–Kier alpha value is -4.84. The van der Waals surface area contributed by atoms with E-state index < -0.39 is 17.7 Å². The van der Waals surface area contributed by atoms with Gasteiger partial charge in [0.15, 0.2) is 0 Å². The van der Waals surface area contributed by atoms with E-state index in [-0.39, 0.29) is 22.5 Å². The molecule has 202 valence electrons. The number of aliphatic hydroxyl groups is 1. The van der Waals surface area contributed by atoms with E-state index in [4.69, 9.17) is 0 Å². The molecule has 0 saturated carbocycles. The third kappa shape index (κ3) is 5.08. The first-order valence-corrected chi connectivity index (χ1v) is 13.2. The van der Waals surface area contributed by atoms with Crippen LogP contribution in [0.4, 0.5) is 17.1 Å². The van der Waals surface area contributed by atoms with E-state index in [0.717, 1.165) is 22.5 Å². The molecule has 40 heavy (non-hydrogen) atoms. The summed E-state index contributed by atoms with van der Waals surface area (Å²) in [6.07, 6.45) is 0. The molecule has 1 saturated heterocycles. The van der Waals surface area contributed by atoms with Crippen molar-refractivity contribution in [1.29, 1.82) is 0 Å². The van der Waals surface area contributed by atoms with Crippen LogP contribution in [-0.4, -0.2) is 21.9 Å². The fourth-order valence-electron chi connectivity index (χ4n) is 4.95. The van der Waals surface area contributed by atoms with Gasteiger partial charge in [0, 0.05) is 22.6 Å². The zero-order valence-electron chi connectivity index (χ0n) is 23.0. The minimum atomic E-state index is -0.883. The van der Waals surface area contributed by atoms with E-state index in [9.17, 15) is 19.8 Å². The predicted octanol–water partition coefficient (Wildman–Crippen LogP) is 7.37. The second kappa shape index (κ2) is 10.4.